The van der Waals surface area contributed by atoms with Gasteiger partial charge in [-0.05, 0) is 146 Å². The van der Waals surface area contributed by atoms with E-state index in [4.69, 9.17) is 14.2 Å². The molecule has 1 amide bonds. The van der Waals surface area contributed by atoms with Gasteiger partial charge in [-0.15, -0.1) is 0 Å². The average molecular weight is 618 g/mol. The molecule has 0 unspecified atom stereocenters. The van der Waals surface area contributed by atoms with Gasteiger partial charge < -0.3 is 24.6 Å². The van der Waals surface area contributed by atoms with Crippen LogP contribution in [-0.4, -0.2) is 52.7 Å². The van der Waals surface area contributed by atoms with Gasteiger partial charge in [-0.1, -0.05) is 34.6 Å². The van der Waals surface area contributed by atoms with Crippen LogP contribution in [0.4, 0.5) is 4.79 Å². The maximum Gasteiger partial charge on any atom is 0.408 e. The van der Waals surface area contributed by atoms with Crippen molar-refractivity contribution in [3.63, 3.8) is 0 Å². The van der Waals surface area contributed by atoms with E-state index in [0.29, 0.717) is 17.8 Å². The van der Waals surface area contributed by atoms with Crippen molar-refractivity contribution < 1.29 is 28.9 Å². The number of rotatable bonds is 4. The van der Waals surface area contributed by atoms with Crippen LogP contribution in [0.5, 0.6) is 0 Å². The Morgan fingerprint density at radius 3 is 2.16 bits per heavy atom. The van der Waals surface area contributed by atoms with Gasteiger partial charge in [0.1, 0.15) is 18.2 Å². The minimum absolute atomic E-state index is 0.0500. The molecule has 44 heavy (non-hydrogen) atoms. The van der Waals surface area contributed by atoms with Crippen LogP contribution in [0.1, 0.15) is 140 Å². The van der Waals surface area contributed by atoms with Gasteiger partial charge in [0.05, 0.1) is 17.3 Å². The molecule has 0 bridgehead atoms. The molecule has 252 valence electrons. The van der Waals surface area contributed by atoms with E-state index < -0.39 is 17.7 Å². The first kappa shape index (κ1) is 34.0. The molecule has 1 aliphatic heterocycles. The van der Waals surface area contributed by atoms with Crippen LogP contribution >= 0.6 is 0 Å². The summed E-state index contributed by atoms with van der Waals surface area (Å²) in [6.45, 7) is 24.1. The first-order valence-corrected chi connectivity index (χ1v) is 17.6. The van der Waals surface area contributed by atoms with Crippen LogP contribution in [-0.2, 0) is 19.0 Å². The summed E-state index contributed by atoms with van der Waals surface area (Å²) in [5, 5.41) is 14.7. The number of ether oxygens (including phenoxy) is 3. The van der Waals surface area contributed by atoms with Crippen molar-refractivity contribution in [1.29, 1.82) is 0 Å². The Balaban J connectivity index is 1.33. The fourth-order valence-electron chi connectivity index (χ4n) is 12.1. The Morgan fingerprint density at radius 1 is 0.864 bits per heavy atom. The molecule has 5 rings (SSSR count). The van der Waals surface area contributed by atoms with Crippen molar-refractivity contribution in [3.8, 4) is 0 Å². The summed E-state index contributed by atoms with van der Waals surface area (Å²) < 4.78 is 18.3. The van der Waals surface area contributed by atoms with E-state index in [1.807, 2.05) is 0 Å². The lowest BCUT2D eigenvalue weighted by atomic mass is 9.35. The number of aliphatic hydroxyl groups is 1. The monoisotopic (exact) mass is 617 g/mol. The molecule has 10 atom stereocenters. The largest absolute Gasteiger partial charge is 0.460 e. The van der Waals surface area contributed by atoms with Gasteiger partial charge in [-0.3, -0.25) is 4.79 Å². The standard InChI is InChI=1S/C37H63NO6/c1-31(2,3)43-30(41)38-22-28(40)42-27-15-18-34(8)25(33(27,6)7)14-20-35(9)26(34)21-24(39)29-23(13-19-36(29,35)10)37(11)17-12-16-32(4,5)44-37/h23-27,29,39H,12-22H2,1-11H3,(H,38,41)/t23-,24+,25-,26+,27-,29-,34-,35+,36+,37+/m0/s1. The minimum Gasteiger partial charge on any atom is -0.460 e. The second-order valence-corrected chi connectivity index (χ2v) is 18.7. The molecule has 0 aromatic heterocycles. The molecule has 5 aliphatic rings. The molecule has 2 N–H and O–H groups in total. The quantitative estimate of drug-likeness (QED) is 0.313. The number of hydrogen-bond donors (Lipinski definition) is 2. The molecule has 5 fully saturated rings. The zero-order valence-corrected chi connectivity index (χ0v) is 29.7. The van der Waals surface area contributed by atoms with Crippen molar-refractivity contribution in [2.75, 3.05) is 6.54 Å². The van der Waals surface area contributed by atoms with Crippen LogP contribution in [0.25, 0.3) is 0 Å². The highest BCUT2D eigenvalue weighted by atomic mass is 16.6. The first-order valence-electron chi connectivity index (χ1n) is 17.6. The van der Waals surface area contributed by atoms with Gasteiger partial charge >= 0.3 is 12.1 Å². The number of carbonyl (C=O) groups is 2. The zero-order valence-electron chi connectivity index (χ0n) is 29.7. The fourth-order valence-corrected chi connectivity index (χ4v) is 12.1. The van der Waals surface area contributed by atoms with Gasteiger partial charge in [-0.2, -0.15) is 0 Å². The zero-order chi connectivity index (χ0) is 32.7. The molecule has 0 aromatic carbocycles. The van der Waals surface area contributed by atoms with E-state index in [9.17, 15) is 14.7 Å². The van der Waals surface area contributed by atoms with Gasteiger partial charge in [0.2, 0.25) is 0 Å². The molecule has 1 saturated heterocycles. The summed E-state index contributed by atoms with van der Waals surface area (Å²) >= 11 is 0. The lowest BCUT2D eigenvalue weighted by Gasteiger charge is -2.70. The Kier molecular flexibility index (Phi) is 8.39. The minimum atomic E-state index is -0.624. The number of esters is 1. The molecule has 4 saturated carbocycles. The molecule has 0 aromatic rings. The topological polar surface area (TPSA) is 94.1 Å². The SMILES string of the molecule is CC(C)(C)OC(=O)NCC(=O)O[C@H]1CC[C@]2(C)[C@H]3C[C@@H](O)[C@@H]4[C@@H]([C@@]5(C)CCCC(C)(C)O5)CC[C@@]4(C)[C@]3(C)CC[C@H]2C1(C)C. The van der Waals surface area contributed by atoms with Crippen molar-refractivity contribution in [3.05, 3.63) is 0 Å². The Morgan fingerprint density at radius 2 is 1.52 bits per heavy atom. The van der Waals surface area contributed by atoms with Gasteiger partial charge in [0.15, 0.2) is 0 Å². The van der Waals surface area contributed by atoms with Crippen LogP contribution in [0.15, 0.2) is 0 Å². The van der Waals surface area contributed by atoms with Gasteiger partial charge in [0.25, 0.3) is 0 Å². The van der Waals surface area contributed by atoms with Crippen molar-refractivity contribution >= 4 is 12.1 Å². The molecule has 0 radical (unpaired) electrons. The molecule has 7 nitrogen and oxygen atoms in total. The molecule has 1 heterocycles. The highest BCUT2D eigenvalue weighted by Gasteiger charge is 2.72. The van der Waals surface area contributed by atoms with Gasteiger partial charge in [0, 0.05) is 5.41 Å². The molecular weight excluding hydrogens is 554 g/mol. The number of nitrogens with one attached hydrogen (secondary N) is 1. The van der Waals surface area contributed by atoms with Crippen LogP contribution < -0.4 is 5.32 Å². The third kappa shape index (κ3) is 5.52. The molecule has 7 heteroatoms. The summed E-state index contributed by atoms with van der Waals surface area (Å²) in [6, 6.07) is 0. The van der Waals surface area contributed by atoms with E-state index in [1.165, 1.54) is 6.42 Å². The smallest absolute Gasteiger partial charge is 0.408 e. The van der Waals surface area contributed by atoms with E-state index >= 15 is 0 Å². The highest BCUT2D eigenvalue weighted by molar-refractivity contribution is 5.78. The third-order valence-corrected chi connectivity index (χ3v) is 14.1. The number of aliphatic hydroxyl groups excluding tert-OH is 1. The molecule has 0 spiro atoms. The van der Waals surface area contributed by atoms with Crippen LogP contribution in [0.2, 0.25) is 0 Å². The lowest BCUT2D eigenvalue weighted by Crippen LogP contribution is -2.67. The second kappa shape index (κ2) is 10.9. The Labute approximate surface area is 267 Å². The Hall–Kier alpha value is -1.34. The van der Waals surface area contributed by atoms with Crippen molar-refractivity contribution in [2.45, 2.75) is 169 Å². The van der Waals surface area contributed by atoms with Crippen LogP contribution in [0, 0.1) is 45.3 Å². The number of carbonyl (C=O) groups excluding carboxylic acids is 2. The normalized spacial score (nSPS) is 46.2. The average Bonchev–Trinajstić information content (AvgIpc) is 3.25. The third-order valence-electron chi connectivity index (χ3n) is 14.1. The summed E-state index contributed by atoms with van der Waals surface area (Å²) in [5.41, 5.74) is -0.890. The fraction of sp³-hybridized carbons (Fsp3) is 0.946. The second-order valence-electron chi connectivity index (χ2n) is 18.7. The maximum absolute atomic E-state index is 12.9. The van der Waals surface area contributed by atoms with Crippen LogP contribution in [0.3, 0.4) is 0 Å². The van der Waals surface area contributed by atoms with E-state index in [-0.39, 0.29) is 57.5 Å². The number of hydrogen-bond acceptors (Lipinski definition) is 6. The molecular formula is C37H63NO6. The number of alkyl carbamates (subject to hydrolysis) is 1. The predicted octanol–water partition coefficient (Wildman–Crippen LogP) is 7.82. The molecule has 4 aliphatic carbocycles. The van der Waals surface area contributed by atoms with E-state index in [2.05, 4.69) is 60.7 Å². The van der Waals surface area contributed by atoms with E-state index in [0.717, 1.165) is 57.8 Å². The lowest BCUT2D eigenvalue weighted by molar-refractivity contribution is -0.258. The summed E-state index contributed by atoms with van der Waals surface area (Å²) in [5.74, 6) is 1.00. The van der Waals surface area contributed by atoms with Crippen molar-refractivity contribution in [2.24, 2.45) is 45.3 Å². The summed E-state index contributed by atoms with van der Waals surface area (Å²) in [7, 11) is 0. The predicted molar refractivity (Wildman–Crippen MR) is 172 cm³/mol. The van der Waals surface area contributed by atoms with E-state index in [1.54, 1.807) is 20.8 Å². The number of fused-ring (bicyclic) bond motifs is 5. The summed E-state index contributed by atoms with van der Waals surface area (Å²) in [4.78, 5) is 25.0. The number of amides is 1. The Bertz CT molecular complexity index is 1130. The van der Waals surface area contributed by atoms with Gasteiger partial charge in [-0.25, -0.2) is 4.79 Å². The maximum atomic E-state index is 12.9. The summed E-state index contributed by atoms with van der Waals surface area (Å²) in [6.07, 6.45) is 9.37. The first-order chi connectivity index (χ1) is 20.1. The highest BCUT2D eigenvalue weighted by Crippen LogP contribution is 2.76. The van der Waals surface area contributed by atoms with Crippen molar-refractivity contribution in [1.82, 2.24) is 5.32 Å².